The van der Waals surface area contributed by atoms with Crippen LogP contribution in [0.2, 0.25) is 0 Å². The summed E-state index contributed by atoms with van der Waals surface area (Å²) in [6.07, 6.45) is 2.58. The minimum Gasteiger partial charge on any atom is -0.392 e. The van der Waals surface area contributed by atoms with Crippen LogP contribution in [-0.4, -0.2) is 14.7 Å². The lowest BCUT2D eigenvalue weighted by Crippen LogP contribution is -2.09. The molecule has 2 N–H and O–H groups in total. The van der Waals surface area contributed by atoms with Gasteiger partial charge in [0.25, 0.3) is 0 Å². The van der Waals surface area contributed by atoms with Gasteiger partial charge in [-0.2, -0.15) is 8.78 Å². The highest BCUT2D eigenvalue weighted by Gasteiger charge is 2.10. The van der Waals surface area contributed by atoms with Gasteiger partial charge in [0, 0.05) is 18.1 Å². The highest BCUT2D eigenvalue weighted by molar-refractivity contribution is 5.45. The van der Waals surface area contributed by atoms with E-state index in [0.717, 1.165) is 15.8 Å². The van der Waals surface area contributed by atoms with E-state index in [1.165, 1.54) is 12.4 Å². The highest BCUT2D eigenvalue weighted by Crippen LogP contribution is 2.15. The summed E-state index contributed by atoms with van der Waals surface area (Å²) in [5, 5.41) is 12.0. The van der Waals surface area contributed by atoms with Crippen LogP contribution in [0.3, 0.4) is 0 Å². The van der Waals surface area contributed by atoms with E-state index in [2.05, 4.69) is 10.3 Å². The molecule has 2 rings (SSSR count). The first kappa shape index (κ1) is 12.5. The molecule has 18 heavy (non-hydrogen) atoms. The Morgan fingerprint density at radius 1 is 1.39 bits per heavy atom. The van der Waals surface area contributed by atoms with Crippen molar-refractivity contribution in [3.05, 3.63) is 48.0 Å². The fourth-order valence-corrected chi connectivity index (χ4v) is 1.62. The van der Waals surface area contributed by atoms with E-state index in [9.17, 15) is 8.78 Å². The number of nitrogens with one attached hydrogen (secondary N) is 1. The zero-order valence-corrected chi connectivity index (χ0v) is 9.55. The van der Waals surface area contributed by atoms with Crippen molar-refractivity contribution < 1.29 is 13.9 Å². The Morgan fingerprint density at radius 3 is 2.94 bits per heavy atom. The van der Waals surface area contributed by atoms with Crippen LogP contribution >= 0.6 is 0 Å². The number of aliphatic hydroxyl groups excluding tert-OH is 1. The van der Waals surface area contributed by atoms with E-state index in [-0.39, 0.29) is 19.0 Å². The number of halogens is 2. The molecule has 0 bridgehead atoms. The third-order valence-electron chi connectivity index (χ3n) is 2.52. The monoisotopic (exact) mass is 253 g/mol. The van der Waals surface area contributed by atoms with Gasteiger partial charge in [0.15, 0.2) is 0 Å². The van der Waals surface area contributed by atoms with Crippen LogP contribution in [0, 0.1) is 0 Å². The van der Waals surface area contributed by atoms with Gasteiger partial charge in [0.2, 0.25) is 0 Å². The Balaban J connectivity index is 2.04. The molecule has 0 saturated carbocycles. The van der Waals surface area contributed by atoms with E-state index in [4.69, 9.17) is 5.11 Å². The molecule has 1 aromatic carbocycles. The summed E-state index contributed by atoms with van der Waals surface area (Å²) < 4.78 is 25.9. The van der Waals surface area contributed by atoms with Gasteiger partial charge in [-0.05, 0) is 17.7 Å². The van der Waals surface area contributed by atoms with Crippen molar-refractivity contribution in [2.75, 3.05) is 5.32 Å². The SMILES string of the molecule is OCc1cccc(NCc2nccn2C(F)F)c1. The minimum absolute atomic E-state index is 0.0544. The zero-order valence-electron chi connectivity index (χ0n) is 9.55. The quantitative estimate of drug-likeness (QED) is 0.860. The van der Waals surface area contributed by atoms with Gasteiger partial charge in [-0.15, -0.1) is 0 Å². The van der Waals surface area contributed by atoms with Gasteiger partial charge in [-0.1, -0.05) is 12.1 Å². The third kappa shape index (κ3) is 2.84. The Kier molecular flexibility index (Phi) is 3.88. The third-order valence-corrected chi connectivity index (χ3v) is 2.52. The summed E-state index contributed by atoms with van der Waals surface area (Å²) >= 11 is 0. The average Bonchev–Trinajstić information content (AvgIpc) is 2.85. The molecule has 96 valence electrons. The number of hydrogen-bond acceptors (Lipinski definition) is 3. The molecule has 0 saturated heterocycles. The fourth-order valence-electron chi connectivity index (χ4n) is 1.62. The van der Waals surface area contributed by atoms with Gasteiger partial charge >= 0.3 is 6.55 Å². The van der Waals surface area contributed by atoms with Gasteiger partial charge in [0.05, 0.1) is 13.2 Å². The number of benzene rings is 1. The maximum atomic E-state index is 12.6. The van der Waals surface area contributed by atoms with Gasteiger partial charge < -0.3 is 10.4 Å². The van der Waals surface area contributed by atoms with Crippen LogP contribution < -0.4 is 5.32 Å². The van der Waals surface area contributed by atoms with Gasteiger partial charge in [-0.3, -0.25) is 4.57 Å². The second-order valence-corrected chi connectivity index (χ2v) is 3.74. The number of nitrogens with zero attached hydrogens (tertiary/aromatic N) is 2. The number of alkyl halides is 2. The van der Waals surface area contributed by atoms with Crippen molar-refractivity contribution >= 4 is 5.69 Å². The average molecular weight is 253 g/mol. The molecule has 0 aliphatic carbocycles. The standard InChI is InChI=1S/C12H13F2N3O/c13-12(14)17-5-4-15-11(17)7-16-10-3-1-2-9(6-10)8-18/h1-6,12,16,18H,7-8H2. The molecule has 0 fully saturated rings. The lowest BCUT2D eigenvalue weighted by Gasteiger charge is -2.09. The van der Waals surface area contributed by atoms with Crippen LogP contribution in [-0.2, 0) is 13.2 Å². The first-order valence-corrected chi connectivity index (χ1v) is 5.44. The van der Waals surface area contributed by atoms with Crippen LogP contribution in [0.5, 0.6) is 0 Å². The molecular weight excluding hydrogens is 240 g/mol. The van der Waals surface area contributed by atoms with Gasteiger partial charge in [0.1, 0.15) is 5.82 Å². The van der Waals surface area contributed by atoms with E-state index >= 15 is 0 Å². The minimum atomic E-state index is -2.59. The van der Waals surface area contributed by atoms with E-state index < -0.39 is 6.55 Å². The first-order valence-electron chi connectivity index (χ1n) is 5.44. The largest absolute Gasteiger partial charge is 0.392 e. The summed E-state index contributed by atoms with van der Waals surface area (Å²) in [5.74, 6) is 0.263. The molecule has 1 heterocycles. The lowest BCUT2D eigenvalue weighted by atomic mass is 10.2. The Hall–Kier alpha value is -1.95. The van der Waals surface area contributed by atoms with Crippen LogP contribution in [0.15, 0.2) is 36.7 Å². The molecular formula is C12H13F2N3O. The van der Waals surface area contributed by atoms with Crippen LogP contribution in [0.25, 0.3) is 0 Å². The summed E-state index contributed by atoms with van der Waals surface area (Å²) in [4.78, 5) is 3.87. The number of imidazole rings is 1. The predicted octanol–water partition coefficient (Wildman–Crippen LogP) is 2.38. The van der Waals surface area contributed by atoms with Crippen molar-refractivity contribution in [3.8, 4) is 0 Å². The highest BCUT2D eigenvalue weighted by atomic mass is 19.3. The summed E-state index contributed by atoms with van der Waals surface area (Å²) in [6.45, 7) is -2.44. The maximum Gasteiger partial charge on any atom is 0.319 e. The van der Waals surface area contributed by atoms with E-state index in [1.54, 1.807) is 24.3 Å². The predicted molar refractivity (Wildman–Crippen MR) is 63.2 cm³/mol. The van der Waals surface area contributed by atoms with Crippen molar-refractivity contribution in [3.63, 3.8) is 0 Å². The Bertz CT molecular complexity index is 514. The summed E-state index contributed by atoms with van der Waals surface area (Å²) in [7, 11) is 0. The van der Waals surface area contributed by atoms with Gasteiger partial charge in [-0.25, -0.2) is 4.98 Å². The fraction of sp³-hybridized carbons (Fsp3) is 0.250. The molecule has 0 spiro atoms. The second-order valence-electron chi connectivity index (χ2n) is 3.74. The lowest BCUT2D eigenvalue weighted by molar-refractivity contribution is 0.0673. The molecule has 0 atom stereocenters. The maximum absolute atomic E-state index is 12.6. The molecule has 0 radical (unpaired) electrons. The van der Waals surface area contributed by atoms with Crippen molar-refractivity contribution in [1.29, 1.82) is 0 Å². The van der Waals surface area contributed by atoms with Crippen molar-refractivity contribution in [2.45, 2.75) is 19.7 Å². The molecule has 2 aromatic rings. The number of anilines is 1. The van der Waals surface area contributed by atoms with E-state index in [1.807, 2.05) is 0 Å². The number of hydrogen-bond donors (Lipinski definition) is 2. The zero-order chi connectivity index (χ0) is 13.0. The first-order chi connectivity index (χ1) is 8.70. The Morgan fingerprint density at radius 2 is 2.22 bits per heavy atom. The molecule has 0 unspecified atom stereocenters. The summed E-state index contributed by atoms with van der Waals surface area (Å²) in [6, 6.07) is 7.13. The van der Waals surface area contributed by atoms with Crippen molar-refractivity contribution in [2.24, 2.45) is 0 Å². The molecule has 6 heteroatoms. The molecule has 0 amide bonds. The van der Waals surface area contributed by atoms with E-state index in [0.29, 0.717) is 0 Å². The molecule has 0 aliphatic rings. The molecule has 1 aromatic heterocycles. The number of rotatable bonds is 5. The van der Waals surface area contributed by atoms with Crippen molar-refractivity contribution in [1.82, 2.24) is 9.55 Å². The van der Waals surface area contributed by atoms with Crippen LogP contribution in [0.1, 0.15) is 17.9 Å². The Labute approximate surface area is 103 Å². The topological polar surface area (TPSA) is 50.1 Å². The van der Waals surface area contributed by atoms with Crippen LogP contribution in [0.4, 0.5) is 14.5 Å². The number of aliphatic hydroxyl groups is 1. The number of aromatic nitrogens is 2. The smallest absolute Gasteiger partial charge is 0.319 e. The molecule has 4 nitrogen and oxygen atoms in total. The molecule has 0 aliphatic heterocycles. The second kappa shape index (κ2) is 5.59. The normalized spacial score (nSPS) is 10.9. The summed E-state index contributed by atoms with van der Waals surface area (Å²) in [5.41, 5.74) is 1.52.